The van der Waals surface area contributed by atoms with E-state index in [2.05, 4.69) is 55.2 Å². The largest absolute Gasteiger partial charge is 0.360 e. The lowest BCUT2D eigenvalue weighted by atomic mass is 10.1. The Morgan fingerprint density at radius 3 is 2.73 bits per heavy atom. The summed E-state index contributed by atoms with van der Waals surface area (Å²) in [5.74, 6) is 0. The molecule has 1 aliphatic carbocycles. The van der Waals surface area contributed by atoms with E-state index in [1.165, 1.54) is 24.8 Å². The van der Waals surface area contributed by atoms with Crippen LogP contribution in [-0.2, 0) is 0 Å². The Labute approximate surface area is 94.1 Å². The molecule has 0 atom stereocenters. The van der Waals surface area contributed by atoms with E-state index in [1.807, 2.05) is 0 Å². The van der Waals surface area contributed by atoms with Gasteiger partial charge in [-0.3, -0.25) is 0 Å². The van der Waals surface area contributed by atoms with Crippen molar-refractivity contribution >= 4 is 0 Å². The van der Waals surface area contributed by atoms with E-state index in [0.29, 0.717) is 0 Å². The predicted molar refractivity (Wildman–Crippen MR) is 68.5 cm³/mol. The summed E-state index contributed by atoms with van der Waals surface area (Å²) in [6.45, 7) is 2.22. The molecule has 3 N–H and O–H groups in total. The number of unbranched alkanes of at least 4 members (excludes halogenated alkanes) is 2. The maximum atomic E-state index is 3.25. The summed E-state index contributed by atoms with van der Waals surface area (Å²) in [6, 6.07) is 0. The quantitative estimate of drug-likeness (QED) is 0.685. The van der Waals surface area contributed by atoms with Crippen molar-refractivity contribution in [1.29, 1.82) is 0 Å². The molecule has 0 amide bonds. The number of quaternary nitrogens is 1. The molecule has 1 heteroatoms. The fourth-order valence-corrected chi connectivity index (χ4v) is 1.26. The number of allylic oxidation sites excluding steroid dienone is 8. The Morgan fingerprint density at radius 2 is 2.13 bits per heavy atom. The molecule has 0 spiro atoms. The third kappa shape index (κ3) is 7.95. The lowest BCUT2D eigenvalue weighted by molar-refractivity contribution is -0.325. The van der Waals surface area contributed by atoms with Gasteiger partial charge in [0.15, 0.2) is 0 Å². The van der Waals surface area contributed by atoms with Crippen LogP contribution < -0.4 is 5.73 Å². The molecule has 0 bridgehead atoms. The molecule has 15 heavy (non-hydrogen) atoms. The Morgan fingerprint density at radius 1 is 1.33 bits per heavy atom. The van der Waals surface area contributed by atoms with Crippen molar-refractivity contribution in [3.05, 3.63) is 48.1 Å². The lowest BCUT2D eigenvalue weighted by Gasteiger charge is -1.98. The van der Waals surface area contributed by atoms with Gasteiger partial charge in [-0.1, -0.05) is 62.3 Å². The predicted octanol–water partition coefficient (Wildman–Crippen LogP) is 3.03. The summed E-state index contributed by atoms with van der Waals surface area (Å²) in [6.07, 6.45) is 20.0. The molecule has 0 unspecified atom stereocenters. The maximum absolute atomic E-state index is 3.25. The molecule has 0 saturated heterocycles. The lowest BCUT2D eigenvalue weighted by Crippen LogP contribution is -2.40. The zero-order valence-corrected chi connectivity index (χ0v) is 10.1. The second-order valence-electron chi connectivity index (χ2n) is 3.30. The van der Waals surface area contributed by atoms with Crippen molar-refractivity contribution < 1.29 is 5.73 Å². The highest BCUT2D eigenvalue weighted by Gasteiger charge is 1.89. The van der Waals surface area contributed by atoms with Crippen LogP contribution >= 0.6 is 0 Å². The summed E-state index contributed by atoms with van der Waals surface area (Å²) in [5, 5.41) is 0. The summed E-state index contributed by atoms with van der Waals surface area (Å²) >= 11 is 0. The van der Waals surface area contributed by atoms with Crippen LogP contribution in [0.15, 0.2) is 48.1 Å². The van der Waals surface area contributed by atoms with Crippen LogP contribution in [0.1, 0.15) is 32.6 Å². The van der Waals surface area contributed by atoms with Crippen LogP contribution in [0.4, 0.5) is 0 Å². The summed E-state index contributed by atoms with van der Waals surface area (Å²) in [7, 11) is 1.75. The second kappa shape index (κ2) is 11.0. The number of hydrogen-bond acceptors (Lipinski definition) is 0. The van der Waals surface area contributed by atoms with Crippen molar-refractivity contribution in [1.82, 2.24) is 0 Å². The van der Waals surface area contributed by atoms with E-state index in [9.17, 15) is 0 Å². The van der Waals surface area contributed by atoms with Crippen LogP contribution in [0.5, 0.6) is 0 Å². The molecule has 0 saturated carbocycles. The van der Waals surface area contributed by atoms with Gasteiger partial charge in [-0.2, -0.15) is 0 Å². The maximum Gasteiger partial charge on any atom is 0.0634 e. The van der Waals surface area contributed by atoms with Crippen molar-refractivity contribution in [2.24, 2.45) is 0 Å². The highest BCUT2D eigenvalue weighted by molar-refractivity contribution is 5.31. The molecular formula is C14H24N+. The highest BCUT2D eigenvalue weighted by atomic mass is 14.4. The minimum absolute atomic E-state index is 1.08. The second-order valence-corrected chi connectivity index (χ2v) is 3.30. The summed E-state index contributed by atoms with van der Waals surface area (Å²) in [4.78, 5) is 0. The van der Waals surface area contributed by atoms with E-state index in [-0.39, 0.29) is 0 Å². The Balaban J connectivity index is 0.000000921. The average Bonchev–Trinajstić information content (AvgIpc) is 2.33. The normalized spacial score (nSPS) is 16.9. The topological polar surface area (TPSA) is 27.6 Å². The molecule has 0 aliphatic heterocycles. The first-order valence-electron chi connectivity index (χ1n) is 5.83. The first kappa shape index (κ1) is 13.9. The average molecular weight is 206 g/mol. The molecule has 0 aromatic rings. The minimum Gasteiger partial charge on any atom is -0.360 e. The van der Waals surface area contributed by atoms with Gasteiger partial charge in [-0.25, -0.2) is 0 Å². The van der Waals surface area contributed by atoms with Gasteiger partial charge >= 0.3 is 0 Å². The first-order chi connectivity index (χ1) is 7.43. The van der Waals surface area contributed by atoms with Crippen LogP contribution in [0.2, 0.25) is 0 Å². The molecule has 0 aromatic heterocycles. The van der Waals surface area contributed by atoms with Crippen molar-refractivity contribution in [2.45, 2.75) is 32.6 Å². The molecule has 1 rings (SSSR count). The minimum atomic E-state index is 1.08. The SMILES string of the molecule is CCCC/C=C/C=C1/C=CC=CC1.C[NH3+]. The zero-order chi connectivity index (χ0) is 11.4. The van der Waals surface area contributed by atoms with E-state index in [0.717, 1.165) is 6.42 Å². The van der Waals surface area contributed by atoms with Gasteiger partial charge in [0, 0.05) is 0 Å². The van der Waals surface area contributed by atoms with E-state index in [4.69, 9.17) is 0 Å². The molecule has 1 aliphatic rings. The molecule has 1 nitrogen and oxygen atoms in total. The van der Waals surface area contributed by atoms with Crippen molar-refractivity contribution in [2.75, 3.05) is 7.05 Å². The molecule has 0 radical (unpaired) electrons. The van der Waals surface area contributed by atoms with Gasteiger partial charge in [0.25, 0.3) is 0 Å². The monoisotopic (exact) mass is 206 g/mol. The van der Waals surface area contributed by atoms with Gasteiger partial charge in [0.05, 0.1) is 7.05 Å². The Hall–Kier alpha value is -1.08. The molecule has 84 valence electrons. The third-order valence-electron chi connectivity index (χ3n) is 2.08. The van der Waals surface area contributed by atoms with Gasteiger partial charge < -0.3 is 5.73 Å². The van der Waals surface area contributed by atoms with E-state index >= 15 is 0 Å². The van der Waals surface area contributed by atoms with E-state index < -0.39 is 0 Å². The summed E-state index contributed by atoms with van der Waals surface area (Å²) < 4.78 is 0. The standard InChI is InChI=1S/C13H18.CH5N/c1-2-3-4-5-7-10-13-11-8-6-9-12-13;1-2/h5-11H,2-4,12H2,1H3;2H2,1H3/p+1/b7-5+,13-10-;. The third-order valence-corrected chi connectivity index (χ3v) is 2.08. The first-order valence-corrected chi connectivity index (χ1v) is 5.83. The van der Waals surface area contributed by atoms with Crippen LogP contribution in [0, 0.1) is 0 Å². The van der Waals surface area contributed by atoms with Crippen LogP contribution in [0.25, 0.3) is 0 Å². The van der Waals surface area contributed by atoms with Crippen LogP contribution in [0.3, 0.4) is 0 Å². The molecular weight excluding hydrogens is 182 g/mol. The molecule has 0 fully saturated rings. The van der Waals surface area contributed by atoms with Gasteiger partial charge in [0.1, 0.15) is 0 Å². The summed E-state index contributed by atoms with van der Waals surface area (Å²) in [5.41, 5.74) is 4.65. The van der Waals surface area contributed by atoms with E-state index in [1.54, 1.807) is 7.05 Å². The van der Waals surface area contributed by atoms with Gasteiger partial charge in [-0.05, 0) is 18.4 Å². The van der Waals surface area contributed by atoms with Gasteiger partial charge in [0.2, 0.25) is 0 Å². The van der Waals surface area contributed by atoms with Crippen molar-refractivity contribution in [3.63, 3.8) is 0 Å². The van der Waals surface area contributed by atoms with Gasteiger partial charge in [-0.15, -0.1) is 0 Å². The zero-order valence-electron chi connectivity index (χ0n) is 10.1. The Bertz CT molecular complexity index is 244. The fourth-order valence-electron chi connectivity index (χ4n) is 1.26. The Kier molecular flexibility index (Phi) is 10.2. The molecule has 0 heterocycles. The number of rotatable bonds is 4. The smallest absolute Gasteiger partial charge is 0.0634 e. The highest BCUT2D eigenvalue weighted by Crippen LogP contribution is 2.09. The van der Waals surface area contributed by atoms with Crippen LogP contribution in [-0.4, -0.2) is 7.05 Å². The van der Waals surface area contributed by atoms with Crippen molar-refractivity contribution in [3.8, 4) is 0 Å². The fraction of sp³-hybridized carbons (Fsp3) is 0.429. The molecule has 0 aromatic carbocycles. The number of hydrogen-bond donors (Lipinski definition) is 1.